The number of halogens is 4. The average molecular weight is 325 g/mol. The van der Waals surface area contributed by atoms with Crippen molar-refractivity contribution in [1.29, 1.82) is 0 Å². The van der Waals surface area contributed by atoms with E-state index in [2.05, 4.69) is 20.9 Å². The van der Waals surface area contributed by atoms with Crippen LogP contribution in [0.1, 0.15) is 25.0 Å². The molecule has 0 aliphatic carbocycles. The highest BCUT2D eigenvalue weighted by Crippen LogP contribution is 2.29. The van der Waals surface area contributed by atoms with Crippen LogP contribution in [0.5, 0.6) is 0 Å². The quantitative estimate of drug-likeness (QED) is 0.578. The van der Waals surface area contributed by atoms with Gasteiger partial charge in [0.25, 0.3) is 0 Å². The van der Waals surface area contributed by atoms with Gasteiger partial charge >= 0.3 is 6.18 Å². The van der Waals surface area contributed by atoms with Crippen LogP contribution in [0.2, 0.25) is 0 Å². The number of hydrogen-bond acceptors (Lipinski definition) is 2. The van der Waals surface area contributed by atoms with Gasteiger partial charge in [0.1, 0.15) is 5.69 Å². The first-order chi connectivity index (χ1) is 8.45. The van der Waals surface area contributed by atoms with Crippen molar-refractivity contribution in [3.8, 4) is 0 Å². The van der Waals surface area contributed by atoms with Gasteiger partial charge < -0.3 is 4.90 Å². The van der Waals surface area contributed by atoms with E-state index in [-0.39, 0.29) is 0 Å². The highest BCUT2D eigenvalue weighted by Gasteiger charge is 2.32. The van der Waals surface area contributed by atoms with Crippen LogP contribution in [0.15, 0.2) is 18.3 Å². The Morgan fingerprint density at radius 1 is 1.28 bits per heavy atom. The smallest absolute Gasteiger partial charge is 0.374 e. The van der Waals surface area contributed by atoms with Crippen molar-refractivity contribution in [2.24, 2.45) is 0 Å². The maximum Gasteiger partial charge on any atom is 0.433 e. The molecule has 1 aromatic rings. The number of rotatable bonds is 6. The Hall–Kier alpha value is -0.780. The van der Waals surface area contributed by atoms with Crippen molar-refractivity contribution >= 4 is 21.6 Å². The standard InChI is InChI=1S/C12H16BrF3N2/c1-18(8-4-2-3-6-13)10-5-7-17-11(9-10)12(14,15)16/h5,7,9H,2-4,6,8H2,1H3. The SMILES string of the molecule is CN(CCCCCBr)c1ccnc(C(F)(F)F)c1. The number of unbranched alkanes of at least 4 members (excludes halogenated alkanes) is 2. The Morgan fingerprint density at radius 3 is 2.61 bits per heavy atom. The fourth-order valence-corrected chi connectivity index (χ4v) is 1.96. The molecule has 1 rings (SSSR count). The minimum Gasteiger partial charge on any atom is -0.374 e. The molecule has 0 saturated heterocycles. The fourth-order valence-electron chi connectivity index (χ4n) is 1.56. The van der Waals surface area contributed by atoms with Gasteiger partial charge in [0.15, 0.2) is 0 Å². The van der Waals surface area contributed by atoms with Gasteiger partial charge in [0.05, 0.1) is 0 Å². The molecule has 6 heteroatoms. The van der Waals surface area contributed by atoms with E-state index in [1.807, 2.05) is 4.90 Å². The van der Waals surface area contributed by atoms with Crippen LogP contribution >= 0.6 is 15.9 Å². The minimum atomic E-state index is -4.38. The van der Waals surface area contributed by atoms with Gasteiger partial charge in [-0.2, -0.15) is 13.2 Å². The Labute approximate surface area is 113 Å². The van der Waals surface area contributed by atoms with Crippen LogP contribution in [0, 0.1) is 0 Å². The van der Waals surface area contributed by atoms with Crippen LogP contribution in [0.25, 0.3) is 0 Å². The van der Waals surface area contributed by atoms with Gasteiger partial charge in [-0.1, -0.05) is 22.4 Å². The summed E-state index contributed by atoms with van der Waals surface area (Å²) in [4.78, 5) is 5.17. The van der Waals surface area contributed by atoms with Gasteiger partial charge in [-0.15, -0.1) is 0 Å². The molecular weight excluding hydrogens is 309 g/mol. The lowest BCUT2D eigenvalue weighted by Crippen LogP contribution is -2.19. The molecule has 0 saturated carbocycles. The van der Waals surface area contributed by atoms with Crippen molar-refractivity contribution in [3.05, 3.63) is 24.0 Å². The molecule has 0 aromatic carbocycles. The van der Waals surface area contributed by atoms with Crippen molar-refractivity contribution in [3.63, 3.8) is 0 Å². The van der Waals surface area contributed by atoms with E-state index in [9.17, 15) is 13.2 Å². The lowest BCUT2D eigenvalue weighted by atomic mass is 10.2. The average Bonchev–Trinajstić information content (AvgIpc) is 2.33. The van der Waals surface area contributed by atoms with Gasteiger partial charge in [-0.3, -0.25) is 4.98 Å². The maximum absolute atomic E-state index is 12.5. The van der Waals surface area contributed by atoms with Crippen LogP contribution in [-0.4, -0.2) is 23.9 Å². The van der Waals surface area contributed by atoms with Crippen molar-refractivity contribution in [2.75, 3.05) is 23.8 Å². The zero-order chi connectivity index (χ0) is 13.6. The van der Waals surface area contributed by atoms with Crippen LogP contribution < -0.4 is 4.90 Å². The molecule has 1 heterocycles. The van der Waals surface area contributed by atoms with Crippen LogP contribution in [0.3, 0.4) is 0 Å². The summed E-state index contributed by atoms with van der Waals surface area (Å²) in [5.74, 6) is 0. The predicted molar refractivity (Wildman–Crippen MR) is 70.2 cm³/mol. The molecule has 0 aliphatic rings. The summed E-state index contributed by atoms with van der Waals surface area (Å²) in [6, 6.07) is 2.68. The Kier molecular flexibility index (Phi) is 5.91. The molecule has 0 bridgehead atoms. The first-order valence-electron chi connectivity index (χ1n) is 5.75. The topological polar surface area (TPSA) is 16.1 Å². The third-order valence-electron chi connectivity index (χ3n) is 2.60. The summed E-state index contributed by atoms with van der Waals surface area (Å²) in [5.41, 5.74) is -0.288. The molecule has 0 fully saturated rings. The third kappa shape index (κ3) is 4.84. The molecule has 0 atom stereocenters. The second-order valence-electron chi connectivity index (χ2n) is 4.07. The van der Waals surface area contributed by atoms with E-state index in [1.165, 1.54) is 6.20 Å². The van der Waals surface area contributed by atoms with E-state index in [1.54, 1.807) is 13.1 Å². The first-order valence-corrected chi connectivity index (χ1v) is 6.87. The number of nitrogens with zero attached hydrogens (tertiary/aromatic N) is 2. The zero-order valence-corrected chi connectivity index (χ0v) is 11.8. The van der Waals surface area contributed by atoms with E-state index >= 15 is 0 Å². The molecular formula is C12H16BrF3N2. The number of aromatic nitrogens is 1. The van der Waals surface area contributed by atoms with E-state index < -0.39 is 11.9 Å². The summed E-state index contributed by atoms with van der Waals surface area (Å²) in [5, 5.41) is 0.962. The molecule has 0 amide bonds. The van der Waals surface area contributed by atoms with Gasteiger partial charge in [0.2, 0.25) is 0 Å². The summed E-state index contributed by atoms with van der Waals surface area (Å²) in [6.45, 7) is 0.744. The van der Waals surface area contributed by atoms with E-state index in [0.717, 1.165) is 37.2 Å². The second-order valence-corrected chi connectivity index (χ2v) is 4.86. The van der Waals surface area contributed by atoms with Crippen LogP contribution in [-0.2, 0) is 6.18 Å². The fraction of sp³-hybridized carbons (Fsp3) is 0.583. The van der Waals surface area contributed by atoms with Crippen molar-refractivity contribution in [2.45, 2.75) is 25.4 Å². The van der Waals surface area contributed by atoms with Gasteiger partial charge in [-0.25, -0.2) is 0 Å². The number of anilines is 1. The molecule has 0 radical (unpaired) electrons. The monoisotopic (exact) mass is 324 g/mol. The summed E-state index contributed by atoms with van der Waals surface area (Å²) < 4.78 is 37.5. The third-order valence-corrected chi connectivity index (χ3v) is 3.16. The molecule has 2 nitrogen and oxygen atoms in total. The minimum absolute atomic E-state index is 0.552. The molecule has 0 spiro atoms. The molecule has 1 aromatic heterocycles. The summed E-state index contributed by atoms with van der Waals surface area (Å²) in [7, 11) is 1.80. The predicted octanol–water partition coefficient (Wildman–Crippen LogP) is 4.10. The lowest BCUT2D eigenvalue weighted by Gasteiger charge is -2.20. The maximum atomic E-state index is 12.5. The Balaban J connectivity index is 2.60. The van der Waals surface area contributed by atoms with Crippen molar-refractivity contribution < 1.29 is 13.2 Å². The largest absolute Gasteiger partial charge is 0.433 e. The van der Waals surface area contributed by atoms with E-state index in [0.29, 0.717) is 5.69 Å². The summed E-state index contributed by atoms with van der Waals surface area (Å²) in [6.07, 6.45) is -0.0729. The molecule has 0 unspecified atom stereocenters. The molecule has 0 N–H and O–H groups in total. The normalized spacial score (nSPS) is 11.6. The van der Waals surface area contributed by atoms with Gasteiger partial charge in [-0.05, 0) is 25.0 Å². The van der Waals surface area contributed by atoms with Gasteiger partial charge in [0, 0.05) is 30.8 Å². The number of pyridine rings is 1. The molecule has 0 aliphatic heterocycles. The zero-order valence-electron chi connectivity index (χ0n) is 10.2. The highest BCUT2D eigenvalue weighted by molar-refractivity contribution is 9.09. The second kappa shape index (κ2) is 6.97. The Morgan fingerprint density at radius 2 is 2.00 bits per heavy atom. The van der Waals surface area contributed by atoms with Crippen LogP contribution in [0.4, 0.5) is 18.9 Å². The Bertz CT molecular complexity index is 369. The highest BCUT2D eigenvalue weighted by atomic mass is 79.9. The number of alkyl halides is 4. The first kappa shape index (κ1) is 15.3. The molecule has 102 valence electrons. The molecule has 18 heavy (non-hydrogen) atoms. The van der Waals surface area contributed by atoms with Crippen molar-refractivity contribution in [1.82, 2.24) is 4.98 Å². The summed E-state index contributed by atoms with van der Waals surface area (Å²) >= 11 is 3.35. The van der Waals surface area contributed by atoms with E-state index in [4.69, 9.17) is 0 Å². The number of hydrogen-bond donors (Lipinski definition) is 0. The lowest BCUT2D eigenvalue weighted by molar-refractivity contribution is -0.141.